The summed E-state index contributed by atoms with van der Waals surface area (Å²) in [5.41, 5.74) is 1.72. The monoisotopic (exact) mass is 379 g/mol. The Morgan fingerprint density at radius 3 is 2.89 bits per heavy atom. The number of nitrogens with zero attached hydrogens (tertiary/aromatic N) is 4. The first-order chi connectivity index (χ1) is 13.1. The van der Waals surface area contributed by atoms with E-state index in [0.717, 1.165) is 35.4 Å². The minimum absolute atomic E-state index is 0.0109. The highest BCUT2D eigenvalue weighted by atomic mass is 35.5. The Bertz CT molecular complexity index is 1220. The molecule has 7 heteroatoms. The highest BCUT2D eigenvalue weighted by molar-refractivity contribution is 6.35. The van der Waals surface area contributed by atoms with Crippen molar-refractivity contribution in [3.8, 4) is 0 Å². The van der Waals surface area contributed by atoms with Crippen molar-refractivity contribution in [2.45, 2.75) is 31.8 Å². The Labute approximate surface area is 160 Å². The van der Waals surface area contributed by atoms with Crippen molar-refractivity contribution in [3.63, 3.8) is 0 Å². The Hall–Kier alpha value is -2.86. The van der Waals surface area contributed by atoms with Crippen molar-refractivity contribution >= 4 is 33.8 Å². The third-order valence-corrected chi connectivity index (χ3v) is 5.39. The fourth-order valence-corrected chi connectivity index (χ4v) is 3.90. The lowest BCUT2D eigenvalue weighted by molar-refractivity contribution is 0.634. The van der Waals surface area contributed by atoms with E-state index in [0.29, 0.717) is 10.4 Å². The quantitative estimate of drug-likeness (QED) is 0.577. The van der Waals surface area contributed by atoms with Gasteiger partial charge in [0.15, 0.2) is 5.65 Å². The Kier molecular flexibility index (Phi) is 3.68. The molecule has 3 aromatic heterocycles. The molecule has 0 aliphatic heterocycles. The van der Waals surface area contributed by atoms with Gasteiger partial charge in [-0.3, -0.25) is 4.79 Å². The van der Waals surface area contributed by atoms with Gasteiger partial charge in [-0.15, -0.1) is 0 Å². The molecular formula is C20H18ClN5O. The lowest BCUT2D eigenvalue weighted by Gasteiger charge is -2.22. The molecule has 0 bridgehead atoms. The van der Waals surface area contributed by atoms with E-state index in [1.165, 1.54) is 0 Å². The Morgan fingerprint density at radius 1 is 1.22 bits per heavy atom. The molecule has 0 saturated heterocycles. The molecule has 1 N–H and O–H groups in total. The van der Waals surface area contributed by atoms with E-state index in [2.05, 4.69) is 28.4 Å². The highest BCUT2D eigenvalue weighted by Gasteiger charge is 2.29. The van der Waals surface area contributed by atoms with Gasteiger partial charge in [0.25, 0.3) is 5.56 Å². The summed E-state index contributed by atoms with van der Waals surface area (Å²) in [6.07, 6.45) is 5.51. The van der Waals surface area contributed by atoms with Gasteiger partial charge in [-0.05, 0) is 43.4 Å². The molecule has 1 aromatic carbocycles. The van der Waals surface area contributed by atoms with E-state index < -0.39 is 0 Å². The maximum absolute atomic E-state index is 13.2. The molecule has 1 atom stereocenters. The number of aromatic nitrogens is 4. The van der Waals surface area contributed by atoms with Crippen molar-refractivity contribution in [1.82, 2.24) is 19.2 Å². The van der Waals surface area contributed by atoms with Crippen LogP contribution in [0.2, 0.25) is 5.02 Å². The van der Waals surface area contributed by atoms with Crippen LogP contribution in [0.25, 0.3) is 16.4 Å². The van der Waals surface area contributed by atoms with E-state index >= 15 is 0 Å². The molecule has 0 radical (unpaired) electrons. The van der Waals surface area contributed by atoms with Crippen molar-refractivity contribution in [3.05, 3.63) is 69.9 Å². The minimum atomic E-state index is -0.0866. The fourth-order valence-electron chi connectivity index (χ4n) is 3.64. The van der Waals surface area contributed by atoms with Crippen molar-refractivity contribution in [2.75, 3.05) is 5.32 Å². The molecule has 6 nitrogen and oxygen atoms in total. The van der Waals surface area contributed by atoms with Crippen LogP contribution in [0.15, 0.2) is 53.6 Å². The number of rotatable bonds is 4. The number of benzene rings is 1. The van der Waals surface area contributed by atoms with Crippen LogP contribution in [0.1, 0.15) is 37.5 Å². The SMILES string of the molecule is CC(Nc1ccnc2ccnn12)c1cc2cccc(Cl)c2c(=O)n1C1CC1. The van der Waals surface area contributed by atoms with Crippen LogP contribution in [0.4, 0.5) is 5.82 Å². The zero-order chi connectivity index (χ0) is 18.5. The van der Waals surface area contributed by atoms with Gasteiger partial charge in [-0.25, -0.2) is 4.98 Å². The normalized spacial score (nSPS) is 15.3. The average molecular weight is 380 g/mol. The van der Waals surface area contributed by atoms with Crippen molar-refractivity contribution < 1.29 is 0 Å². The summed E-state index contributed by atoms with van der Waals surface area (Å²) < 4.78 is 3.67. The number of pyridine rings is 1. The fraction of sp³-hybridized carbons (Fsp3) is 0.250. The summed E-state index contributed by atoms with van der Waals surface area (Å²) in [6.45, 7) is 2.06. The number of nitrogens with one attached hydrogen (secondary N) is 1. The van der Waals surface area contributed by atoms with Crippen LogP contribution in [-0.2, 0) is 0 Å². The van der Waals surface area contributed by atoms with Gasteiger partial charge in [0, 0.05) is 24.0 Å². The predicted molar refractivity (Wildman–Crippen MR) is 107 cm³/mol. The second kappa shape index (κ2) is 6.09. The first kappa shape index (κ1) is 16.3. The van der Waals surface area contributed by atoms with Gasteiger partial charge in [-0.2, -0.15) is 9.61 Å². The van der Waals surface area contributed by atoms with Crippen LogP contribution in [0, 0.1) is 0 Å². The predicted octanol–water partition coefficient (Wildman–Crippen LogP) is 4.21. The summed E-state index contributed by atoms with van der Waals surface area (Å²) in [5.74, 6) is 0.832. The second-order valence-corrected chi connectivity index (χ2v) is 7.38. The van der Waals surface area contributed by atoms with Gasteiger partial charge in [-0.1, -0.05) is 23.7 Å². The number of hydrogen-bond donors (Lipinski definition) is 1. The molecule has 0 spiro atoms. The Morgan fingerprint density at radius 2 is 2.07 bits per heavy atom. The molecule has 0 amide bonds. The molecule has 1 unspecified atom stereocenters. The third-order valence-electron chi connectivity index (χ3n) is 5.07. The Balaban J connectivity index is 1.64. The first-order valence-electron chi connectivity index (χ1n) is 9.02. The van der Waals surface area contributed by atoms with Gasteiger partial charge >= 0.3 is 0 Å². The van der Waals surface area contributed by atoms with Crippen molar-refractivity contribution in [1.29, 1.82) is 0 Å². The minimum Gasteiger partial charge on any atom is -0.362 e. The van der Waals surface area contributed by atoms with Crippen LogP contribution >= 0.6 is 11.6 Å². The zero-order valence-corrected chi connectivity index (χ0v) is 15.5. The zero-order valence-electron chi connectivity index (χ0n) is 14.8. The molecule has 5 rings (SSSR count). The summed E-state index contributed by atoms with van der Waals surface area (Å²) in [7, 11) is 0. The topological polar surface area (TPSA) is 64.2 Å². The van der Waals surface area contributed by atoms with Gasteiger partial charge in [0.05, 0.1) is 22.6 Å². The molecule has 4 aromatic rings. The van der Waals surface area contributed by atoms with Crippen LogP contribution < -0.4 is 10.9 Å². The standard InChI is InChI=1S/C20H18ClN5O/c1-12(24-18-7-9-22-17-8-10-23-26(17)18)16-11-13-3-2-4-15(21)19(13)20(27)25(16)14-5-6-14/h2-4,7-12,14,24H,5-6H2,1H3. The smallest absolute Gasteiger partial charge is 0.260 e. The lowest BCUT2D eigenvalue weighted by atomic mass is 10.1. The van der Waals surface area contributed by atoms with E-state index in [1.807, 2.05) is 28.8 Å². The number of halogens is 1. The molecule has 1 aliphatic rings. The largest absolute Gasteiger partial charge is 0.362 e. The molecular weight excluding hydrogens is 362 g/mol. The average Bonchev–Trinajstić information content (AvgIpc) is 3.37. The van der Waals surface area contributed by atoms with Crippen LogP contribution in [0.5, 0.6) is 0 Å². The van der Waals surface area contributed by atoms with Crippen LogP contribution in [0.3, 0.4) is 0 Å². The molecule has 136 valence electrons. The lowest BCUT2D eigenvalue weighted by Crippen LogP contribution is -2.26. The van der Waals surface area contributed by atoms with Gasteiger partial charge < -0.3 is 9.88 Å². The first-order valence-corrected chi connectivity index (χ1v) is 9.40. The van der Waals surface area contributed by atoms with Crippen molar-refractivity contribution in [2.24, 2.45) is 0 Å². The molecule has 27 heavy (non-hydrogen) atoms. The summed E-state index contributed by atoms with van der Waals surface area (Å²) in [4.78, 5) is 17.5. The van der Waals surface area contributed by atoms with Gasteiger partial charge in [0.1, 0.15) is 5.82 Å². The summed E-state index contributed by atoms with van der Waals surface area (Å²) in [5, 5.41) is 9.78. The maximum atomic E-state index is 13.2. The number of anilines is 1. The third kappa shape index (κ3) is 2.68. The second-order valence-electron chi connectivity index (χ2n) is 6.98. The molecule has 1 fully saturated rings. The van der Waals surface area contributed by atoms with E-state index in [1.54, 1.807) is 23.0 Å². The molecule has 1 aliphatic carbocycles. The number of fused-ring (bicyclic) bond motifs is 2. The summed E-state index contributed by atoms with van der Waals surface area (Å²) >= 11 is 6.33. The molecule has 3 heterocycles. The maximum Gasteiger partial charge on any atom is 0.260 e. The highest BCUT2D eigenvalue weighted by Crippen LogP contribution is 2.37. The van der Waals surface area contributed by atoms with Crippen LogP contribution in [-0.4, -0.2) is 19.2 Å². The van der Waals surface area contributed by atoms with E-state index in [9.17, 15) is 4.79 Å². The molecule has 1 saturated carbocycles. The van der Waals surface area contributed by atoms with E-state index in [4.69, 9.17) is 11.6 Å². The van der Waals surface area contributed by atoms with Gasteiger partial charge in [0.2, 0.25) is 0 Å². The summed E-state index contributed by atoms with van der Waals surface area (Å²) in [6, 6.07) is 11.6. The van der Waals surface area contributed by atoms with E-state index in [-0.39, 0.29) is 17.6 Å². The number of hydrogen-bond acceptors (Lipinski definition) is 4.